The predicted octanol–water partition coefficient (Wildman–Crippen LogP) is 3.38. The van der Waals surface area contributed by atoms with Gasteiger partial charge in [-0.05, 0) is 26.0 Å². The lowest BCUT2D eigenvalue weighted by molar-refractivity contribution is 0.347. The van der Waals surface area contributed by atoms with Gasteiger partial charge in [-0.25, -0.2) is 0 Å². The number of terminal acetylenes is 1. The summed E-state index contributed by atoms with van der Waals surface area (Å²) in [4.78, 5) is 0. The second-order valence-electron chi connectivity index (χ2n) is 3.96. The molecule has 0 N–H and O–H groups in total. The summed E-state index contributed by atoms with van der Waals surface area (Å²) in [6.45, 7) is 3.94. The highest BCUT2D eigenvalue weighted by atomic mass is 79.9. The van der Waals surface area contributed by atoms with E-state index in [1.54, 1.807) is 14.2 Å². The van der Waals surface area contributed by atoms with Gasteiger partial charge in [-0.2, -0.15) is 0 Å². The van der Waals surface area contributed by atoms with Gasteiger partial charge in [-0.15, -0.1) is 6.42 Å². The Labute approximate surface area is 105 Å². The first-order valence-electron chi connectivity index (χ1n) is 4.86. The molecule has 0 aliphatic carbocycles. The molecule has 16 heavy (non-hydrogen) atoms. The van der Waals surface area contributed by atoms with Crippen molar-refractivity contribution in [2.75, 3.05) is 14.2 Å². The standard InChI is InChI=1S/C13H15BrO2/c1-6-13(2,3)10-7-9(14)8-11(15-4)12(10)16-5/h1,7-8H,2-5H3. The molecule has 0 spiro atoms. The van der Waals surface area contributed by atoms with Crippen LogP contribution in [0, 0.1) is 12.3 Å². The van der Waals surface area contributed by atoms with E-state index in [0.29, 0.717) is 11.5 Å². The summed E-state index contributed by atoms with van der Waals surface area (Å²) >= 11 is 3.43. The Bertz CT molecular complexity index is 430. The van der Waals surface area contributed by atoms with Crippen LogP contribution in [0.1, 0.15) is 19.4 Å². The Morgan fingerprint density at radius 1 is 1.25 bits per heavy atom. The van der Waals surface area contributed by atoms with Gasteiger partial charge < -0.3 is 9.47 Å². The van der Waals surface area contributed by atoms with Crippen molar-refractivity contribution in [3.63, 3.8) is 0 Å². The number of methoxy groups -OCH3 is 2. The normalized spacial score (nSPS) is 10.8. The highest BCUT2D eigenvalue weighted by molar-refractivity contribution is 9.10. The number of halogens is 1. The van der Waals surface area contributed by atoms with Crippen molar-refractivity contribution in [3.05, 3.63) is 22.2 Å². The van der Waals surface area contributed by atoms with Crippen LogP contribution in [-0.4, -0.2) is 14.2 Å². The average molecular weight is 283 g/mol. The molecule has 0 atom stereocenters. The largest absolute Gasteiger partial charge is 0.493 e. The molecule has 0 saturated heterocycles. The van der Waals surface area contributed by atoms with Gasteiger partial charge in [0.1, 0.15) is 0 Å². The number of benzene rings is 1. The molecule has 0 amide bonds. The molecule has 0 bridgehead atoms. The van der Waals surface area contributed by atoms with E-state index in [-0.39, 0.29) is 0 Å². The highest BCUT2D eigenvalue weighted by Gasteiger charge is 2.25. The molecule has 0 unspecified atom stereocenters. The molecular formula is C13H15BrO2. The van der Waals surface area contributed by atoms with Gasteiger partial charge in [0.15, 0.2) is 11.5 Å². The number of hydrogen-bond acceptors (Lipinski definition) is 2. The molecule has 86 valence electrons. The summed E-state index contributed by atoms with van der Waals surface area (Å²) in [5.41, 5.74) is 0.534. The maximum absolute atomic E-state index is 5.54. The monoisotopic (exact) mass is 282 g/mol. The SMILES string of the molecule is C#CC(C)(C)c1cc(Br)cc(OC)c1OC. The third kappa shape index (κ3) is 2.33. The zero-order chi connectivity index (χ0) is 12.3. The van der Waals surface area contributed by atoms with Gasteiger partial charge in [0.2, 0.25) is 0 Å². The number of rotatable bonds is 3. The van der Waals surface area contributed by atoms with E-state index < -0.39 is 5.41 Å². The maximum atomic E-state index is 5.54. The first kappa shape index (κ1) is 12.9. The summed E-state index contributed by atoms with van der Waals surface area (Å²) in [6.07, 6.45) is 5.54. The minimum Gasteiger partial charge on any atom is -0.493 e. The van der Waals surface area contributed by atoms with E-state index >= 15 is 0 Å². The zero-order valence-electron chi connectivity index (χ0n) is 9.93. The molecule has 1 aromatic carbocycles. The minimum absolute atomic E-state index is 0.400. The fourth-order valence-corrected chi connectivity index (χ4v) is 1.91. The van der Waals surface area contributed by atoms with Crippen LogP contribution >= 0.6 is 15.9 Å². The van der Waals surface area contributed by atoms with E-state index in [1.165, 1.54) is 0 Å². The summed E-state index contributed by atoms with van der Waals surface area (Å²) in [7, 11) is 3.22. The molecule has 1 rings (SSSR count). The third-order valence-corrected chi connectivity index (χ3v) is 2.94. The van der Waals surface area contributed by atoms with Crippen LogP contribution in [0.5, 0.6) is 11.5 Å². The summed E-state index contributed by atoms with van der Waals surface area (Å²) < 4.78 is 11.6. The smallest absolute Gasteiger partial charge is 0.165 e. The topological polar surface area (TPSA) is 18.5 Å². The Morgan fingerprint density at radius 3 is 2.31 bits per heavy atom. The Kier molecular flexibility index (Phi) is 3.88. The van der Waals surface area contributed by atoms with Gasteiger partial charge in [0.05, 0.1) is 19.6 Å². The summed E-state index contributed by atoms with van der Waals surface area (Å²) in [5, 5.41) is 0. The van der Waals surface area contributed by atoms with Crippen LogP contribution in [0.25, 0.3) is 0 Å². The molecule has 0 aromatic heterocycles. The van der Waals surface area contributed by atoms with Crippen molar-refractivity contribution in [1.82, 2.24) is 0 Å². The molecule has 0 heterocycles. The van der Waals surface area contributed by atoms with Crippen LogP contribution in [0.4, 0.5) is 0 Å². The van der Waals surface area contributed by atoms with Gasteiger partial charge in [0, 0.05) is 10.0 Å². The van der Waals surface area contributed by atoms with Gasteiger partial charge in [-0.3, -0.25) is 0 Å². The molecule has 0 fully saturated rings. The molecule has 3 heteroatoms. The van der Waals surface area contributed by atoms with Crippen LogP contribution < -0.4 is 9.47 Å². The number of ether oxygens (including phenoxy) is 2. The number of hydrogen-bond donors (Lipinski definition) is 0. The third-order valence-electron chi connectivity index (χ3n) is 2.48. The van der Waals surface area contributed by atoms with Gasteiger partial charge >= 0.3 is 0 Å². The lowest BCUT2D eigenvalue weighted by Crippen LogP contribution is -2.15. The molecule has 2 nitrogen and oxygen atoms in total. The fraction of sp³-hybridized carbons (Fsp3) is 0.385. The Morgan fingerprint density at radius 2 is 1.88 bits per heavy atom. The van der Waals surface area contributed by atoms with Gasteiger partial charge in [-0.1, -0.05) is 21.9 Å². The Hall–Kier alpha value is -1.14. The second kappa shape index (κ2) is 4.80. The van der Waals surface area contributed by atoms with Crippen LogP contribution in [0.2, 0.25) is 0 Å². The average Bonchev–Trinajstić information content (AvgIpc) is 2.27. The molecule has 0 radical (unpaired) electrons. The van der Waals surface area contributed by atoms with E-state index in [1.807, 2.05) is 26.0 Å². The first-order valence-corrected chi connectivity index (χ1v) is 5.65. The van der Waals surface area contributed by atoms with E-state index in [9.17, 15) is 0 Å². The minimum atomic E-state index is -0.400. The van der Waals surface area contributed by atoms with Crippen molar-refractivity contribution in [2.45, 2.75) is 19.3 Å². The summed E-state index contributed by atoms with van der Waals surface area (Å²) in [5.74, 6) is 4.12. The van der Waals surface area contributed by atoms with Crippen molar-refractivity contribution < 1.29 is 9.47 Å². The first-order chi connectivity index (χ1) is 7.46. The van der Waals surface area contributed by atoms with Crippen molar-refractivity contribution in [3.8, 4) is 23.8 Å². The van der Waals surface area contributed by atoms with E-state index in [0.717, 1.165) is 10.0 Å². The molecule has 0 aliphatic heterocycles. The lowest BCUT2D eigenvalue weighted by Gasteiger charge is -2.23. The van der Waals surface area contributed by atoms with Gasteiger partial charge in [0.25, 0.3) is 0 Å². The molecule has 0 saturated carbocycles. The lowest BCUT2D eigenvalue weighted by atomic mass is 9.85. The van der Waals surface area contributed by atoms with Crippen molar-refractivity contribution in [1.29, 1.82) is 0 Å². The maximum Gasteiger partial charge on any atom is 0.165 e. The fourth-order valence-electron chi connectivity index (χ4n) is 1.47. The van der Waals surface area contributed by atoms with E-state index in [2.05, 4.69) is 21.9 Å². The van der Waals surface area contributed by atoms with Crippen molar-refractivity contribution >= 4 is 15.9 Å². The van der Waals surface area contributed by atoms with Crippen molar-refractivity contribution in [2.24, 2.45) is 0 Å². The predicted molar refractivity (Wildman–Crippen MR) is 69.1 cm³/mol. The van der Waals surface area contributed by atoms with Crippen LogP contribution in [0.15, 0.2) is 16.6 Å². The molecule has 1 aromatic rings. The Balaban J connectivity index is 3.50. The molecule has 0 aliphatic rings. The van der Waals surface area contributed by atoms with Crippen LogP contribution in [0.3, 0.4) is 0 Å². The van der Waals surface area contributed by atoms with E-state index in [4.69, 9.17) is 15.9 Å². The quantitative estimate of drug-likeness (QED) is 0.792. The summed E-state index contributed by atoms with van der Waals surface area (Å²) in [6, 6.07) is 3.82. The van der Waals surface area contributed by atoms with Crippen LogP contribution in [-0.2, 0) is 5.41 Å². The second-order valence-corrected chi connectivity index (χ2v) is 4.87. The highest BCUT2D eigenvalue weighted by Crippen LogP contribution is 2.40. The zero-order valence-corrected chi connectivity index (χ0v) is 11.5. The molecular weight excluding hydrogens is 268 g/mol.